The zero-order chi connectivity index (χ0) is 19.5. The average molecular weight is 368 g/mol. The van der Waals surface area contributed by atoms with Gasteiger partial charge in [0.15, 0.2) is 0 Å². The van der Waals surface area contributed by atoms with Crippen LogP contribution in [0.5, 0.6) is 0 Å². The number of carbonyl (C=O) groups excluding carboxylic acids is 2. The highest BCUT2D eigenvalue weighted by atomic mass is 19.1. The van der Waals surface area contributed by atoms with Crippen LogP contribution in [-0.2, 0) is 9.53 Å². The summed E-state index contributed by atoms with van der Waals surface area (Å²) in [5.41, 5.74) is -2.98. The summed E-state index contributed by atoms with van der Waals surface area (Å²) in [7, 11) is -1.74. The normalized spacial score (nSPS) is 20.5. The first-order valence-electron chi connectivity index (χ1n) is 8.16. The van der Waals surface area contributed by atoms with Gasteiger partial charge in [0.1, 0.15) is 5.60 Å². The third-order valence-electron chi connectivity index (χ3n) is 3.70. The minimum absolute atomic E-state index is 0.0340. The number of nitrogens with zero attached hydrogens (tertiary/aromatic N) is 3. The van der Waals surface area contributed by atoms with Gasteiger partial charge in [-0.05, 0) is 33.6 Å². The van der Waals surface area contributed by atoms with Crippen molar-refractivity contribution in [2.24, 2.45) is 0 Å². The molecule has 142 valence electrons. The summed E-state index contributed by atoms with van der Waals surface area (Å²) in [6, 6.07) is 0. The summed E-state index contributed by atoms with van der Waals surface area (Å²) >= 11 is 0. The second-order valence-electron chi connectivity index (χ2n) is 7.14. The lowest BCUT2D eigenvalue weighted by molar-refractivity contribution is -0.130. The van der Waals surface area contributed by atoms with Crippen molar-refractivity contribution < 1.29 is 28.8 Å². The van der Waals surface area contributed by atoms with Crippen LogP contribution in [0.15, 0.2) is 12.4 Å². The van der Waals surface area contributed by atoms with Gasteiger partial charge >= 0.3 is 13.2 Å². The van der Waals surface area contributed by atoms with Crippen molar-refractivity contribution in [3.8, 4) is 0 Å². The number of amides is 2. The highest BCUT2D eigenvalue weighted by Crippen LogP contribution is 2.27. The number of halogens is 1. The molecule has 26 heavy (non-hydrogen) atoms. The second-order valence-corrected chi connectivity index (χ2v) is 7.14. The van der Waals surface area contributed by atoms with Gasteiger partial charge in [-0.2, -0.15) is 0 Å². The molecule has 2 amide bonds. The molecule has 0 saturated carbocycles. The summed E-state index contributed by atoms with van der Waals surface area (Å²) in [6.07, 6.45) is 1.79. The number of piperidine rings is 1. The van der Waals surface area contributed by atoms with E-state index in [0.29, 0.717) is 13.0 Å². The molecule has 1 atom stereocenters. The lowest BCUT2D eigenvalue weighted by atomic mass is 9.83. The number of likely N-dealkylation sites (tertiary alicyclic amines) is 1. The van der Waals surface area contributed by atoms with Gasteiger partial charge in [0, 0.05) is 24.4 Å². The van der Waals surface area contributed by atoms with Gasteiger partial charge < -0.3 is 19.7 Å². The van der Waals surface area contributed by atoms with E-state index in [1.165, 1.54) is 4.90 Å². The molecule has 1 aromatic rings. The Labute approximate surface area is 150 Å². The van der Waals surface area contributed by atoms with Crippen LogP contribution < -0.4 is 10.8 Å². The van der Waals surface area contributed by atoms with Crippen LogP contribution >= 0.6 is 0 Å². The van der Waals surface area contributed by atoms with Crippen LogP contribution in [0.25, 0.3) is 0 Å². The number of carbonyl (C=O) groups is 2. The van der Waals surface area contributed by atoms with E-state index >= 15 is 4.39 Å². The van der Waals surface area contributed by atoms with E-state index in [2.05, 4.69) is 15.3 Å². The van der Waals surface area contributed by atoms with E-state index in [1.54, 1.807) is 20.8 Å². The highest BCUT2D eigenvalue weighted by molar-refractivity contribution is 6.58. The minimum Gasteiger partial charge on any atom is -0.444 e. The number of hydrogen-bond donors (Lipinski definition) is 3. The van der Waals surface area contributed by atoms with Gasteiger partial charge in [0.2, 0.25) is 11.6 Å². The molecule has 9 nitrogen and oxygen atoms in total. The van der Waals surface area contributed by atoms with Gasteiger partial charge in [-0.3, -0.25) is 10.1 Å². The predicted molar refractivity (Wildman–Crippen MR) is 91.4 cm³/mol. The third kappa shape index (κ3) is 5.12. The monoisotopic (exact) mass is 368 g/mol. The molecule has 0 radical (unpaired) electrons. The summed E-state index contributed by atoms with van der Waals surface area (Å²) in [4.78, 5) is 33.1. The quantitative estimate of drug-likeness (QED) is 0.633. The predicted octanol–water partition coefficient (Wildman–Crippen LogP) is -0.166. The Morgan fingerprint density at radius 3 is 2.50 bits per heavy atom. The molecule has 0 aliphatic carbocycles. The lowest BCUT2D eigenvalue weighted by Gasteiger charge is -2.36. The first kappa shape index (κ1) is 20.1. The first-order valence-corrected chi connectivity index (χ1v) is 8.16. The van der Waals surface area contributed by atoms with Crippen LogP contribution in [0.1, 0.15) is 33.6 Å². The molecule has 2 rings (SSSR count). The van der Waals surface area contributed by atoms with E-state index < -0.39 is 36.9 Å². The summed E-state index contributed by atoms with van der Waals surface area (Å²) in [5, 5.41) is 20.2. The Balaban J connectivity index is 2.03. The van der Waals surface area contributed by atoms with Crippen LogP contribution in [0, 0.1) is 0 Å². The minimum atomic E-state index is -2.30. The third-order valence-corrected chi connectivity index (χ3v) is 3.70. The zero-order valence-electron chi connectivity index (χ0n) is 14.9. The molecular formula is C15H22BFN4O5. The van der Waals surface area contributed by atoms with Crippen molar-refractivity contribution in [1.82, 2.24) is 14.9 Å². The van der Waals surface area contributed by atoms with Crippen LogP contribution in [0.2, 0.25) is 0 Å². The van der Waals surface area contributed by atoms with Gasteiger partial charge in [-0.15, -0.1) is 0 Å². The van der Waals surface area contributed by atoms with Gasteiger partial charge in [-0.1, -0.05) is 0 Å². The lowest BCUT2D eigenvalue weighted by Crippen LogP contribution is -2.54. The van der Waals surface area contributed by atoms with E-state index in [9.17, 15) is 9.59 Å². The first-order chi connectivity index (χ1) is 12.0. The van der Waals surface area contributed by atoms with E-state index in [4.69, 9.17) is 14.8 Å². The number of aromatic nitrogens is 2. The average Bonchev–Trinajstić information content (AvgIpc) is 2.53. The molecule has 11 heteroatoms. The van der Waals surface area contributed by atoms with Crippen LogP contribution in [-0.4, -0.2) is 68.4 Å². The zero-order valence-corrected chi connectivity index (χ0v) is 14.9. The fourth-order valence-corrected chi connectivity index (χ4v) is 2.43. The topological polar surface area (TPSA) is 125 Å². The molecule has 3 N–H and O–H groups in total. The second kappa shape index (κ2) is 7.54. The Morgan fingerprint density at radius 2 is 1.96 bits per heavy atom. The maximum Gasteiger partial charge on any atom is 0.491 e. The largest absolute Gasteiger partial charge is 0.491 e. The van der Waals surface area contributed by atoms with Crippen molar-refractivity contribution in [3.63, 3.8) is 0 Å². The van der Waals surface area contributed by atoms with Crippen molar-refractivity contribution in [3.05, 3.63) is 12.4 Å². The fraction of sp³-hybridized carbons (Fsp3) is 0.600. The number of ether oxygens (including phenoxy) is 1. The maximum atomic E-state index is 15.1. The number of rotatable bonds is 3. The standard InChI is InChI=1S/C15H22BFN4O5/c1-14(2,3)26-13(23)21-6-4-5-15(17,9-21)11(22)20-12-18-7-10(8-19-12)16(24)25/h7-8,24-25H,4-6,9H2,1-3H3,(H,18,19,20,22). The highest BCUT2D eigenvalue weighted by Gasteiger charge is 2.45. The molecule has 1 aliphatic heterocycles. The van der Waals surface area contributed by atoms with E-state index in [0.717, 1.165) is 12.4 Å². The summed E-state index contributed by atoms with van der Waals surface area (Å²) < 4.78 is 20.3. The molecule has 0 bridgehead atoms. The van der Waals surface area contributed by atoms with E-state index in [-0.39, 0.29) is 17.8 Å². The molecule has 2 heterocycles. The molecule has 1 saturated heterocycles. The number of anilines is 1. The Kier molecular flexibility index (Phi) is 5.82. The summed E-state index contributed by atoms with van der Waals surface area (Å²) in [6.45, 7) is 4.98. The van der Waals surface area contributed by atoms with Crippen molar-refractivity contribution in [2.45, 2.75) is 44.9 Å². The maximum absolute atomic E-state index is 15.1. The molecular weight excluding hydrogens is 346 g/mol. The van der Waals surface area contributed by atoms with E-state index in [1.807, 2.05) is 0 Å². The van der Waals surface area contributed by atoms with Crippen molar-refractivity contribution >= 4 is 30.5 Å². The fourth-order valence-electron chi connectivity index (χ4n) is 2.43. The van der Waals surface area contributed by atoms with Crippen molar-refractivity contribution in [1.29, 1.82) is 0 Å². The van der Waals surface area contributed by atoms with Crippen molar-refractivity contribution in [2.75, 3.05) is 18.4 Å². The van der Waals surface area contributed by atoms with Crippen LogP contribution in [0.4, 0.5) is 15.1 Å². The van der Waals surface area contributed by atoms with Gasteiger partial charge in [0.05, 0.1) is 6.54 Å². The number of alkyl halides is 1. The smallest absolute Gasteiger partial charge is 0.444 e. The molecule has 0 aromatic carbocycles. The molecule has 1 aliphatic rings. The molecule has 1 aromatic heterocycles. The molecule has 0 spiro atoms. The molecule has 1 unspecified atom stereocenters. The Hall–Kier alpha value is -2.27. The number of hydrogen-bond acceptors (Lipinski definition) is 7. The SMILES string of the molecule is CC(C)(C)OC(=O)N1CCCC(F)(C(=O)Nc2ncc(B(O)O)cn2)C1. The van der Waals surface area contributed by atoms with Gasteiger partial charge in [0.25, 0.3) is 5.91 Å². The number of nitrogens with one attached hydrogen (secondary N) is 1. The summed E-state index contributed by atoms with van der Waals surface area (Å²) in [5.74, 6) is -1.14. The Morgan fingerprint density at radius 1 is 1.35 bits per heavy atom. The van der Waals surface area contributed by atoms with Gasteiger partial charge in [-0.25, -0.2) is 19.2 Å². The Bertz CT molecular complexity index is 667. The van der Waals surface area contributed by atoms with Crippen LogP contribution in [0.3, 0.4) is 0 Å². The molecule has 1 fully saturated rings.